The van der Waals surface area contributed by atoms with Crippen LogP contribution in [0, 0.1) is 3.57 Å². The molecule has 0 aliphatic carbocycles. The first-order valence-electron chi connectivity index (χ1n) is 4.36. The molecule has 1 N–H and O–H groups in total. The predicted octanol–water partition coefficient (Wildman–Crippen LogP) is 3.32. The van der Waals surface area contributed by atoms with Gasteiger partial charge in [0.25, 0.3) is 0 Å². The minimum Gasteiger partial charge on any atom is -0.353 e. The molecule has 0 atom stereocenters. The Morgan fingerprint density at radius 2 is 2.00 bits per heavy atom. The molecule has 2 heterocycles. The van der Waals surface area contributed by atoms with Crippen LogP contribution in [-0.4, -0.2) is 9.97 Å². The second-order valence-electron chi connectivity index (χ2n) is 3.22. The van der Waals surface area contributed by atoms with Gasteiger partial charge in [0.1, 0.15) is 0 Å². The van der Waals surface area contributed by atoms with Gasteiger partial charge in [0.05, 0.1) is 11.0 Å². The van der Waals surface area contributed by atoms with Crippen molar-refractivity contribution >= 4 is 44.5 Å². The molecule has 3 rings (SSSR count). The molecule has 0 spiro atoms. The molecule has 68 valence electrons. The summed E-state index contributed by atoms with van der Waals surface area (Å²) in [6.07, 6.45) is 1.89. The van der Waals surface area contributed by atoms with E-state index in [-0.39, 0.29) is 0 Å². The lowest BCUT2D eigenvalue weighted by atomic mass is 10.2. The fourth-order valence-electron chi connectivity index (χ4n) is 1.69. The standard InChI is InChI=1S/C11H7IN2/c12-7-5-10-11(13-6-7)8-3-1-2-4-9(8)14-10/h1-6,14H. The number of rotatable bonds is 0. The summed E-state index contributed by atoms with van der Waals surface area (Å²) in [5, 5.41) is 1.19. The highest BCUT2D eigenvalue weighted by atomic mass is 127. The highest BCUT2D eigenvalue weighted by Gasteiger charge is 2.03. The summed E-state index contributed by atoms with van der Waals surface area (Å²) >= 11 is 2.27. The minimum absolute atomic E-state index is 1.06. The molecule has 0 amide bonds. The molecule has 0 saturated heterocycles. The number of hydrogen-bond donors (Lipinski definition) is 1. The van der Waals surface area contributed by atoms with Gasteiger partial charge in [0, 0.05) is 20.7 Å². The number of nitrogens with one attached hydrogen (secondary N) is 1. The Hall–Kier alpha value is -1.10. The Morgan fingerprint density at radius 1 is 1.14 bits per heavy atom. The van der Waals surface area contributed by atoms with E-state index < -0.39 is 0 Å². The lowest BCUT2D eigenvalue weighted by Crippen LogP contribution is -1.76. The van der Waals surface area contributed by atoms with Gasteiger partial charge >= 0.3 is 0 Å². The van der Waals surface area contributed by atoms with E-state index in [9.17, 15) is 0 Å². The maximum atomic E-state index is 4.43. The fraction of sp³-hybridized carbons (Fsp3) is 0. The monoisotopic (exact) mass is 294 g/mol. The maximum absolute atomic E-state index is 4.43. The highest BCUT2D eigenvalue weighted by Crippen LogP contribution is 2.23. The summed E-state index contributed by atoms with van der Waals surface area (Å²) in [4.78, 5) is 7.78. The van der Waals surface area contributed by atoms with E-state index in [4.69, 9.17) is 0 Å². The van der Waals surface area contributed by atoms with Crippen molar-refractivity contribution in [3.05, 3.63) is 40.1 Å². The van der Waals surface area contributed by atoms with Gasteiger partial charge in [-0.15, -0.1) is 0 Å². The number of aromatic nitrogens is 2. The van der Waals surface area contributed by atoms with Crippen molar-refractivity contribution in [3.8, 4) is 0 Å². The summed E-state index contributed by atoms with van der Waals surface area (Å²) in [5.74, 6) is 0. The Kier molecular flexibility index (Phi) is 1.73. The molecule has 0 saturated carbocycles. The summed E-state index contributed by atoms with van der Waals surface area (Å²) < 4.78 is 1.15. The minimum atomic E-state index is 1.06. The van der Waals surface area contributed by atoms with Crippen molar-refractivity contribution in [2.75, 3.05) is 0 Å². The van der Waals surface area contributed by atoms with Crippen LogP contribution in [0.25, 0.3) is 21.9 Å². The lowest BCUT2D eigenvalue weighted by Gasteiger charge is -1.90. The van der Waals surface area contributed by atoms with Crippen molar-refractivity contribution in [1.29, 1.82) is 0 Å². The molecule has 0 fully saturated rings. The van der Waals surface area contributed by atoms with Gasteiger partial charge in [-0.1, -0.05) is 18.2 Å². The number of benzene rings is 1. The largest absolute Gasteiger partial charge is 0.353 e. The van der Waals surface area contributed by atoms with E-state index in [0.29, 0.717) is 0 Å². The Balaban J connectivity index is 2.57. The van der Waals surface area contributed by atoms with Crippen LogP contribution in [0.1, 0.15) is 0 Å². The normalized spacial score (nSPS) is 11.2. The van der Waals surface area contributed by atoms with E-state index in [0.717, 1.165) is 20.1 Å². The Bertz CT molecular complexity index is 613. The number of pyridine rings is 1. The summed E-state index contributed by atoms with van der Waals surface area (Å²) in [6.45, 7) is 0. The number of fused-ring (bicyclic) bond motifs is 3. The number of aromatic amines is 1. The third kappa shape index (κ3) is 1.12. The maximum Gasteiger partial charge on any atom is 0.0958 e. The van der Waals surface area contributed by atoms with Crippen LogP contribution in [0.15, 0.2) is 36.5 Å². The van der Waals surface area contributed by atoms with E-state index in [1.807, 2.05) is 18.3 Å². The van der Waals surface area contributed by atoms with Crippen LogP contribution >= 0.6 is 22.6 Å². The Morgan fingerprint density at radius 3 is 2.93 bits per heavy atom. The highest BCUT2D eigenvalue weighted by molar-refractivity contribution is 14.1. The van der Waals surface area contributed by atoms with E-state index in [1.165, 1.54) is 5.39 Å². The molecule has 0 bridgehead atoms. The van der Waals surface area contributed by atoms with E-state index >= 15 is 0 Å². The van der Waals surface area contributed by atoms with Crippen LogP contribution < -0.4 is 0 Å². The van der Waals surface area contributed by atoms with Crippen molar-refractivity contribution in [2.24, 2.45) is 0 Å². The molecule has 1 aromatic carbocycles. The molecule has 0 radical (unpaired) electrons. The molecule has 0 unspecified atom stereocenters. The van der Waals surface area contributed by atoms with E-state index in [1.54, 1.807) is 0 Å². The summed E-state index contributed by atoms with van der Waals surface area (Å²) in [6, 6.07) is 10.3. The lowest BCUT2D eigenvalue weighted by molar-refractivity contribution is 1.39. The fourth-order valence-corrected chi connectivity index (χ4v) is 2.14. The van der Waals surface area contributed by atoms with Crippen LogP contribution in [0.4, 0.5) is 0 Å². The van der Waals surface area contributed by atoms with Crippen LogP contribution in [0.3, 0.4) is 0 Å². The molecule has 3 heteroatoms. The zero-order valence-electron chi connectivity index (χ0n) is 7.29. The molecule has 3 aromatic rings. The summed E-state index contributed by atoms with van der Waals surface area (Å²) in [5.41, 5.74) is 3.32. The van der Waals surface area contributed by atoms with E-state index in [2.05, 4.69) is 50.8 Å². The average molecular weight is 294 g/mol. The van der Waals surface area contributed by atoms with Gasteiger partial charge in [-0.3, -0.25) is 4.98 Å². The van der Waals surface area contributed by atoms with Crippen LogP contribution in [0.5, 0.6) is 0 Å². The van der Waals surface area contributed by atoms with Crippen LogP contribution in [0.2, 0.25) is 0 Å². The molecule has 14 heavy (non-hydrogen) atoms. The average Bonchev–Trinajstić information content (AvgIpc) is 2.54. The smallest absolute Gasteiger partial charge is 0.0958 e. The number of para-hydroxylation sites is 1. The zero-order valence-corrected chi connectivity index (χ0v) is 9.45. The first-order chi connectivity index (χ1) is 6.84. The van der Waals surface area contributed by atoms with Crippen molar-refractivity contribution < 1.29 is 0 Å². The van der Waals surface area contributed by atoms with Gasteiger partial charge in [0.15, 0.2) is 0 Å². The van der Waals surface area contributed by atoms with Crippen molar-refractivity contribution in [3.63, 3.8) is 0 Å². The number of H-pyrrole nitrogens is 1. The first kappa shape index (κ1) is 8.23. The van der Waals surface area contributed by atoms with Gasteiger partial charge in [-0.25, -0.2) is 0 Å². The van der Waals surface area contributed by atoms with Gasteiger partial charge in [-0.05, 0) is 34.7 Å². The predicted molar refractivity (Wildman–Crippen MR) is 66.3 cm³/mol. The number of hydrogen-bond acceptors (Lipinski definition) is 1. The summed E-state index contributed by atoms with van der Waals surface area (Å²) in [7, 11) is 0. The zero-order chi connectivity index (χ0) is 9.54. The molecule has 0 aliphatic rings. The molecular formula is C11H7IN2. The molecule has 2 nitrogen and oxygen atoms in total. The van der Waals surface area contributed by atoms with Gasteiger partial charge in [0.2, 0.25) is 0 Å². The molecule has 0 aliphatic heterocycles. The first-order valence-corrected chi connectivity index (χ1v) is 5.44. The van der Waals surface area contributed by atoms with Crippen LogP contribution in [-0.2, 0) is 0 Å². The second kappa shape index (κ2) is 2.95. The third-order valence-electron chi connectivity index (χ3n) is 2.31. The molecule has 2 aromatic heterocycles. The van der Waals surface area contributed by atoms with Gasteiger partial charge in [-0.2, -0.15) is 0 Å². The topological polar surface area (TPSA) is 28.7 Å². The number of halogens is 1. The van der Waals surface area contributed by atoms with Crippen molar-refractivity contribution in [2.45, 2.75) is 0 Å². The SMILES string of the molecule is Ic1cnc2c(c1)[nH]c1ccccc12. The Labute approximate surface area is 94.5 Å². The van der Waals surface area contributed by atoms with Gasteiger partial charge < -0.3 is 4.98 Å². The number of nitrogens with zero attached hydrogens (tertiary/aromatic N) is 1. The third-order valence-corrected chi connectivity index (χ3v) is 2.90. The second-order valence-corrected chi connectivity index (χ2v) is 4.47. The molecular weight excluding hydrogens is 287 g/mol. The van der Waals surface area contributed by atoms with Crippen molar-refractivity contribution in [1.82, 2.24) is 9.97 Å². The quantitative estimate of drug-likeness (QED) is 0.633.